The molecule has 3 rings (SSSR count). The van der Waals surface area contributed by atoms with Gasteiger partial charge in [-0.2, -0.15) is 23.0 Å². The largest absolute Gasteiger partial charge is 0.390 e. The molecular weight excluding hydrogens is 500 g/mol. The van der Waals surface area contributed by atoms with Crippen LogP contribution in [0.25, 0.3) is 5.69 Å². The number of nitrogens with zero attached hydrogens (tertiary/aromatic N) is 3. The second-order valence-corrected chi connectivity index (χ2v) is 7.61. The average Bonchev–Trinajstić information content (AvgIpc) is 2.75. The van der Waals surface area contributed by atoms with Crippen molar-refractivity contribution >= 4 is 21.8 Å². The number of amides is 1. The van der Waals surface area contributed by atoms with Crippen LogP contribution in [0.1, 0.15) is 34.6 Å². The van der Waals surface area contributed by atoms with Gasteiger partial charge in [0.05, 0.1) is 11.6 Å². The van der Waals surface area contributed by atoms with Gasteiger partial charge in [-0.05, 0) is 41.1 Å². The molecule has 0 saturated heterocycles. The summed E-state index contributed by atoms with van der Waals surface area (Å²) >= 11 is 3.10. The summed E-state index contributed by atoms with van der Waals surface area (Å²) in [6, 6.07) is 5.43. The number of hydrogen-bond donors (Lipinski definition) is 2. The minimum absolute atomic E-state index is 0.250. The lowest BCUT2D eigenvalue weighted by atomic mass is 10.0. The fraction of sp³-hybridized carbons (Fsp3) is 0.200. The van der Waals surface area contributed by atoms with Gasteiger partial charge in [-0.15, -0.1) is 0 Å². The van der Waals surface area contributed by atoms with Crippen molar-refractivity contribution in [2.45, 2.75) is 18.9 Å². The molecule has 2 N–H and O–H groups in total. The van der Waals surface area contributed by atoms with Crippen molar-refractivity contribution < 1.29 is 27.5 Å². The van der Waals surface area contributed by atoms with Gasteiger partial charge >= 0.3 is 0 Å². The van der Waals surface area contributed by atoms with E-state index in [1.165, 1.54) is 31.3 Å². The third-order valence-electron chi connectivity index (χ3n) is 4.48. The number of alkyl halides is 2. The van der Waals surface area contributed by atoms with E-state index in [-0.39, 0.29) is 16.9 Å². The van der Waals surface area contributed by atoms with Crippen molar-refractivity contribution in [2.24, 2.45) is 0 Å². The highest BCUT2D eigenvalue weighted by Crippen LogP contribution is 2.32. The standard InChI is InChI=1S/C20H15BrF4N4O3/c1-10(12-3-2-4-13(17(12)22)20(24,25)9-30)27-19(32)14-5-6-16(31)29(28-14)15-7-11(21)8-26-18(15)23/h2-8,10,30H,9H2,1H3,(H,27,32)/t10-/m1/s1. The van der Waals surface area contributed by atoms with Crippen LogP contribution in [-0.4, -0.2) is 32.4 Å². The first kappa shape index (κ1) is 23.5. The van der Waals surface area contributed by atoms with Crippen molar-refractivity contribution in [3.63, 3.8) is 0 Å². The third kappa shape index (κ3) is 4.70. The SMILES string of the molecule is C[C@@H](NC(=O)c1ccc(=O)n(-c2cc(Br)cnc2F)n1)c1cccc(C(F)(F)CO)c1F. The van der Waals surface area contributed by atoms with E-state index >= 15 is 0 Å². The predicted molar refractivity (Wildman–Crippen MR) is 109 cm³/mol. The van der Waals surface area contributed by atoms with E-state index in [1.807, 2.05) is 0 Å². The number of hydrogen-bond acceptors (Lipinski definition) is 5. The van der Waals surface area contributed by atoms with Gasteiger partial charge < -0.3 is 10.4 Å². The number of halogens is 5. The number of rotatable bonds is 6. The molecule has 0 aliphatic carbocycles. The number of carbonyl (C=O) groups is 1. The van der Waals surface area contributed by atoms with E-state index in [0.717, 1.165) is 18.2 Å². The number of aromatic nitrogens is 3. The van der Waals surface area contributed by atoms with Gasteiger partial charge in [-0.3, -0.25) is 9.59 Å². The fourth-order valence-electron chi connectivity index (χ4n) is 2.87. The summed E-state index contributed by atoms with van der Waals surface area (Å²) in [5.74, 6) is -6.95. The zero-order valence-electron chi connectivity index (χ0n) is 16.3. The van der Waals surface area contributed by atoms with Gasteiger partial charge in [0.1, 0.15) is 23.8 Å². The van der Waals surface area contributed by atoms with Crippen LogP contribution in [0, 0.1) is 11.8 Å². The zero-order valence-corrected chi connectivity index (χ0v) is 17.9. The third-order valence-corrected chi connectivity index (χ3v) is 4.92. The van der Waals surface area contributed by atoms with Gasteiger partial charge in [-0.1, -0.05) is 12.1 Å². The molecule has 7 nitrogen and oxygen atoms in total. The molecule has 1 aromatic carbocycles. The number of nitrogens with one attached hydrogen (secondary N) is 1. The van der Waals surface area contributed by atoms with Crippen molar-refractivity contribution in [1.82, 2.24) is 20.1 Å². The van der Waals surface area contributed by atoms with E-state index in [1.54, 1.807) is 0 Å². The van der Waals surface area contributed by atoms with E-state index in [4.69, 9.17) is 5.11 Å². The molecule has 0 saturated carbocycles. The van der Waals surface area contributed by atoms with Crippen LogP contribution in [0.5, 0.6) is 0 Å². The number of pyridine rings is 1. The normalized spacial score (nSPS) is 12.5. The van der Waals surface area contributed by atoms with Crippen LogP contribution < -0.4 is 10.9 Å². The lowest BCUT2D eigenvalue weighted by molar-refractivity contribution is -0.0584. The van der Waals surface area contributed by atoms with E-state index in [2.05, 4.69) is 31.3 Å². The smallest absolute Gasteiger partial charge is 0.298 e. The maximum Gasteiger partial charge on any atom is 0.298 e. The molecule has 32 heavy (non-hydrogen) atoms. The molecule has 0 unspecified atom stereocenters. The molecule has 0 bridgehead atoms. The highest BCUT2D eigenvalue weighted by Gasteiger charge is 2.35. The Morgan fingerprint density at radius 3 is 2.69 bits per heavy atom. The first-order valence-corrected chi connectivity index (χ1v) is 9.84. The Labute approximate surface area is 186 Å². The van der Waals surface area contributed by atoms with Crippen LogP contribution >= 0.6 is 15.9 Å². The summed E-state index contributed by atoms with van der Waals surface area (Å²) in [6.07, 6.45) is 1.17. The molecule has 1 atom stereocenters. The summed E-state index contributed by atoms with van der Waals surface area (Å²) < 4.78 is 57.2. The minimum Gasteiger partial charge on any atom is -0.390 e. The van der Waals surface area contributed by atoms with Crippen LogP contribution in [0.2, 0.25) is 0 Å². The number of aliphatic hydroxyl groups is 1. The molecule has 2 heterocycles. The number of benzene rings is 1. The second-order valence-electron chi connectivity index (χ2n) is 6.70. The van der Waals surface area contributed by atoms with Crippen LogP contribution in [-0.2, 0) is 5.92 Å². The highest BCUT2D eigenvalue weighted by molar-refractivity contribution is 9.10. The fourth-order valence-corrected chi connectivity index (χ4v) is 3.18. The van der Waals surface area contributed by atoms with Gasteiger partial charge in [0.15, 0.2) is 0 Å². The van der Waals surface area contributed by atoms with Crippen LogP contribution in [0.3, 0.4) is 0 Å². The molecule has 2 aromatic heterocycles. The van der Waals surface area contributed by atoms with Gasteiger partial charge in [0.25, 0.3) is 17.4 Å². The Bertz CT molecular complexity index is 1240. The highest BCUT2D eigenvalue weighted by atomic mass is 79.9. The first-order chi connectivity index (χ1) is 15.0. The predicted octanol–water partition coefficient (Wildman–Crippen LogP) is 3.24. The Hall–Kier alpha value is -3.12. The Morgan fingerprint density at radius 2 is 2.00 bits per heavy atom. The summed E-state index contributed by atoms with van der Waals surface area (Å²) in [6.45, 7) is -0.230. The molecule has 0 radical (unpaired) electrons. The number of aliphatic hydroxyl groups excluding tert-OH is 1. The van der Waals surface area contributed by atoms with Crippen LogP contribution in [0.15, 0.2) is 51.9 Å². The van der Waals surface area contributed by atoms with E-state index < -0.39 is 47.4 Å². The molecule has 0 fully saturated rings. The molecule has 3 aromatic rings. The summed E-state index contributed by atoms with van der Waals surface area (Å²) in [4.78, 5) is 28.2. The van der Waals surface area contributed by atoms with Gasteiger partial charge in [-0.25, -0.2) is 9.37 Å². The van der Waals surface area contributed by atoms with Crippen molar-refractivity contribution in [1.29, 1.82) is 0 Å². The molecule has 0 aliphatic rings. The van der Waals surface area contributed by atoms with Gasteiger partial charge in [0, 0.05) is 22.3 Å². The summed E-state index contributed by atoms with van der Waals surface area (Å²) in [5.41, 5.74) is -2.62. The lowest BCUT2D eigenvalue weighted by Gasteiger charge is -2.20. The van der Waals surface area contributed by atoms with E-state index in [0.29, 0.717) is 9.15 Å². The second kappa shape index (κ2) is 9.17. The molecule has 12 heteroatoms. The van der Waals surface area contributed by atoms with Crippen molar-refractivity contribution in [2.75, 3.05) is 6.61 Å². The monoisotopic (exact) mass is 514 g/mol. The summed E-state index contributed by atoms with van der Waals surface area (Å²) in [5, 5.41) is 15.0. The minimum atomic E-state index is -3.80. The maximum atomic E-state index is 14.6. The van der Waals surface area contributed by atoms with E-state index in [9.17, 15) is 27.2 Å². The van der Waals surface area contributed by atoms with Gasteiger partial charge in [0.2, 0.25) is 5.95 Å². The zero-order chi connectivity index (χ0) is 23.6. The molecule has 168 valence electrons. The Morgan fingerprint density at radius 1 is 1.28 bits per heavy atom. The first-order valence-electron chi connectivity index (χ1n) is 9.05. The Kier molecular flexibility index (Phi) is 6.74. The summed E-state index contributed by atoms with van der Waals surface area (Å²) in [7, 11) is 0. The molecular formula is C20H15BrF4N4O3. The quantitative estimate of drug-likeness (QED) is 0.388. The molecule has 0 spiro atoms. The number of carbonyl (C=O) groups excluding carboxylic acids is 1. The van der Waals surface area contributed by atoms with Crippen LogP contribution in [0.4, 0.5) is 17.6 Å². The average molecular weight is 515 g/mol. The molecule has 1 amide bonds. The van der Waals surface area contributed by atoms with Crippen molar-refractivity contribution in [3.8, 4) is 5.69 Å². The van der Waals surface area contributed by atoms with Crippen molar-refractivity contribution in [3.05, 3.63) is 86.0 Å². The Balaban J connectivity index is 1.91. The topological polar surface area (TPSA) is 97.1 Å². The molecule has 0 aliphatic heterocycles. The maximum absolute atomic E-state index is 14.6. The lowest BCUT2D eigenvalue weighted by Crippen LogP contribution is -2.31.